The van der Waals surface area contributed by atoms with Crippen molar-refractivity contribution in [1.29, 1.82) is 0 Å². The molecule has 0 aliphatic rings. The molecule has 0 saturated carbocycles. The lowest BCUT2D eigenvalue weighted by atomic mass is 10.0. The van der Waals surface area contributed by atoms with E-state index in [4.69, 9.17) is 0 Å². The molecule has 2 aromatic carbocycles. The van der Waals surface area contributed by atoms with Crippen LogP contribution in [0.5, 0.6) is 0 Å². The Morgan fingerprint density at radius 2 is 1.62 bits per heavy atom. The summed E-state index contributed by atoms with van der Waals surface area (Å²) < 4.78 is 2.28. The second-order valence-corrected chi connectivity index (χ2v) is 5.47. The Kier molecular flexibility index (Phi) is 3.82. The first kappa shape index (κ1) is 11.9. The lowest BCUT2D eigenvalue weighted by molar-refractivity contribution is 1.14. The van der Waals surface area contributed by atoms with E-state index in [9.17, 15) is 0 Å². The van der Waals surface area contributed by atoms with Gasteiger partial charge in [-0.05, 0) is 68.0 Å². The van der Waals surface area contributed by atoms with Crippen LogP contribution in [0.25, 0.3) is 0 Å². The molecule has 2 aromatic rings. The van der Waals surface area contributed by atoms with E-state index < -0.39 is 0 Å². The molecule has 0 unspecified atom stereocenters. The van der Waals surface area contributed by atoms with Crippen LogP contribution in [-0.4, -0.2) is 0 Å². The monoisotopic (exact) mass is 338 g/mol. The highest BCUT2D eigenvalue weighted by molar-refractivity contribution is 9.13. The zero-order valence-corrected chi connectivity index (χ0v) is 12.2. The molecule has 0 saturated heterocycles. The summed E-state index contributed by atoms with van der Waals surface area (Å²) in [5.41, 5.74) is 4.00. The molecule has 0 aliphatic carbocycles. The molecule has 0 fully saturated rings. The molecule has 82 valence electrons. The molecule has 2 heteroatoms. The standard InChI is InChI=1S/C14H12Br2/c1-10-7-8-13(15)14(16)12(10)9-11-5-3-2-4-6-11/h2-8H,9H2,1H3. The van der Waals surface area contributed by atoms with E-state index in [1.807, 2.05) is 6.07 Å². The molecule has 0 spiro atoms. The van der Waals surface area contributed by atoms with Crippen LogP contribution in [0.2, 0.25) is 0 Å². The van der Waals surface area contributed by atoms with Gasteiger partial charge in [-0.2, -0.15) is 0 Å². The third-order valence-electron chi connectivity index (χ3n) is 2.65. The smallest absolute Gasteiger partial charge is 0.0355 e. The summed E-state index contributed by atoms with van der Waals surface area (Å²) in [6, 6.07) is 14.8. The summed E-state index contributed by atoms with van der Waals surface area (Å²) in [5.74, 6) is 0. The van der Waals surface area contributed by atoms with E-state index >= 15 is 0 Å². The summed E-state index contributed by atoms with van der Waals surface area (Å²) in [5, 5.41) is 0. The van der Waals surface area contributed by atoms with Crippen LogP contribution >= 0.6 is 31.9 Å². The molecule has 2 rings (SSSR count). The van der Waals surface area contributed by atoms with Crippen LogP contribution in [0.3, 0.4) is 0 Å². The van der Waals surface area contributed by atoms with Crippen molar-refractivity contribution in [3.63, 3.8) is 0 Å². The zero-order valence-electron chi connectivity index (χ0n) is 9.00. The van der Waals surface area contributed by atoms with Crippen molar-refractivity contribution in [2.45, 2.75) is 13.3 Å². The van der Waals surface area contributed by atoms with Gasteiger partial charge in [0.25, 0.3) is 0 Å². The van der Waals surface area contributed by atoms with Gasteiger partial charge in [0.05, 0.1) is 0 Å². The topological polar surface area (TPSA) is 0 Å². The second-order valence-electron chi connectivity index (χ2n) is 3.82. The Morgan fingerprint density at radius 1 is 0.938 bits per heavy atom. The van der Waals surface area contributed by atoms with Gasteiger partial charge in [-0.15, -0.1) is 0 Å². The summed E-state index contributed by atoms with van der Waals surface area (Å²) in [4.78, 5) is 0. The normalized spacial score (nSPS) is 10.4. The molecule has 0 amide bonds. The van der Waals surface area contributed by atoms with Crippen molar-refractivity contribution in [2.75, 3.05) is 0 Å². The van der Waals surface area contributed by atoms with Crippen molar-refractivity contribution in [3.05, 3.63) is 68.1 Å². The number of halogens is 2. The van der Waals surface area contributed by atoms with Gasteiger partial charge in [-0.25, -0.2) is 0 Å². The molecule has 0 radical (unpaired) electrons. The maximum atomic E-state index is 3.64. The fraction of sp³-hybridized carbons (Fsp3) is 0.143. The number of rotatable bonds is 2. The van der Waals surface area contributed by atoms with E-state index in [0.717, 1.165) is 15.4 Å². The van der Waals surface area contributed by atoms with Gasteiger partial charge in [0.15, 0.2) is 0 Å². The lowest BCUT2D eigenvalue weighted by Crippen LogP contribution is -1.93. The fourth-order valence-corrected chi connectivity index (χ4v) is 2.66. The number of hydrogen-bond donors (Lipinski definition) is 0. The Morgan fingerprint density at radius 3 is 2.31 bits per heavy atom. The first-order valence-corrected chi connectivity index (χ1v) is 6.74. The molecular weight excluding hydrogens is 328 g/mol. The van der Waals surface area contributed by atoms with Crippen molar-refractivity contribution in [2.24, 2.45) is 0 Å². The maximum Gasteiger partial charge on any atom is 0.0355 e. The molecule has 0 heterocycles. The number of hydrogen-bond acceptors (Lipinski definition) is 0. The zero-order chi connectivity index (χ0) is 11.5. The van der Waals surface area contributed by atoms with Gasteiger partial charge in [0.1, 0.15) is 0 Å². The summed E-state index contributed by atoms with van der Waals surface area (Å²) >= 11 is 7.19. The molecular formula is C14H12Br2. The molecule has 0 aliphatic heterocycles. The summed E-state index contributed by atoms with van der Waals surface area (Å²) in [6.45, 7) is 2.15. The second kappa shape index (κ2) is 5.15. The average molecular weight is 340 g/mol. The Balaban J connectivity index is 2.38. The van der Waals surface area contributed by atoms with E-state index in [2.05, 4.69) is 75.2 Å². The largest absolute Gasteiger partial charge is 0.0622 e. The molecule has 0 atom stereocenters. The van der Waals surface area contributed by atoms with Gasteiger partial charge in [0.2, 0.25) is 0 Å². The third-order valence-corrected chi connectivity index (χ3v) is 4.75. The van der Waals surface area contributed by atoms with Crippen molar-refractivity contribution in [3.8, 4) is 0 Å². The van der Waals surface area contributed by atoms with Gasteiger partial charge < -0.3 is 0 Å². The van der Waals surface area contributed by atoms with Gasteiger partial charge in [-0.3, -0.25) is 0 Å². The van der Waals surface area contributed by atoms with E-state index in [1.54, 1.807) is 0 Å². The van der Waals surface area contributed by atoms with Crippen molar-refractivity contribution in [1.82, 2.24) is 0 Å². The summed E-state index contributed by atoms with van der Waals surface area (Å²) in [6.07, 6.45) is 0.965. The number of benzene rings is 2. The van der Waals surface area contributed by atoms with Gasteiger partial charge in [-0.1, -0.05) is 36.4 Å². The SMILES string of the molecule is Cc1ccc(Br)c(Br)c1Cc1ccccc1. The van der Waals surface area contributed by atoms with Crippen molar-refractivity contribution < 1.29 is 0 Å². The van der Waals surface area contributed by atoms with Crippen LogP contribution < -0.4 is 0 Å². The highest BCUT2D eigenvalue weighted by Crippen LogP contribution is 2.30. The molecule has 0 aromatic heterocycles. The molecule has 0 nitrogen and oxygen atoms in total. The van der Waals surface area contributed by atoms with Crippen LogP contribution in [0, 0.1) is 6.92 Å². The third kappa shape index (κ3) is 2.55. The Labute approximate surface area is 113 Å². The fourth-order valence-electron chi connectivity index (χ4n) is 1.71. The van der Waals surface area contributed by atoms with Crippen LogP contribution in [-0.2, 0) is 6.42 Å². The Hall–Kier alpha value is -0.600. The predicted octanol–water partition coefficient (Wildman–Crippen LogP) is 5.11. The molecule has 0 bridgehead atoms. The minimum absolute atomic E-state index is 0.965. The Bertz CT molecular complexity index is 490. The first-order chi connectivity index (χ1) is 7.68. The van der Waals surface area contributed by atoms with Crippen molar-refractivity contribution >= 4 is 31.9 Å². The van der Waals surface area contributed by atoms with Gasteiger partial charge >= 0.3 is 0 Å². The highest BCUT2D eigenvalue weighted by atomic mass is 79.9. The molecule has 16 heavy (non-hydrogen) atoms. The van der Waals surface area contributed by atoms with Crippen LogP contribution in [0.1, 0.15) is 16.7 Å². The van der Waals surface area contributed by atoms with Crippen LogP contribution in [0.4, 0.5) is 0 Å². The maximum absolute atomic E-state index is 3.64. The quantitative estimate of drug-likeness (QED) is 0.713. The highest BCUT2D eigenvalue weighted by Gasteiger charge is 2.07. The average Bonchev–Trinajstić information content (AvgIpc) is 2.31. The van der Waals surface area contributed by atoms with E-state index in [0.29, 0.717) is 0 Å². The first-order valence-electron chi connectivity index (χ1n) is 5.16. The van der Waals surface area contributed by atoms with Gasteiger partial charge in [0, 0.05) is 8.95 Å². The lowest BCUT2D eigenvalue weighted by Gasteiger charge is -2.10. The van der Waals surface area contributed by atoms with Crippen LogP contribution in [0.15, 0.2) is 51.4 Å². The van der Waals surface area contributed by atoms with E-state index in [1.165, 1.54) is 16.7 Å². The minimum Gasteiger partial charge on any atom is -0.0622 e. The van der Waals surface area contributed by atoms with E-state index in [-0.39, 0.29) is 0 Å². The molecule has 0 N–H and O–H groups in total. The minimum atomic E-state index is 0.965. The summed E-state index contributed by atoms with van der Waals surface area (Å²) in [7, 11) is 0. The predicted molar refractivity (Wildman–Crippen MR) is 75.8 cm³/mol. The number of aryl methyl sites for hydroxylation is 1.